The van der Waals surface area contributed by atoms with Gasteiger partial charge in [-0.3, -0.25) is 9.69 Å². The first-order chi connectivity index (χ1) is 9.06. The fourth-order valence-electron chi connectivity index (χ4n) is 2.28. The van der Waals surface area contributed by atoms with Crippen LogP contribution in [0.25, 0.3) is 0 Å². The Kier molecular flexibility index (Phi) is 4.96. The molecule has 4 nitrogen and oxygen atoms in total. The average molecular weight is 282 g/mol. The van der Waals surface area contributed by atoms with Gasteiger partial charge in [-0.25, -0.2) is 0 Å². The van der Waals surface area contributed by atoms with Crippen molar-refractivity contribution in [3.63, 3.8) is 0 Å². The van der Waals surface area contributed by atoms with Crippen molar-refractivity contribution in [3.05, 3.63) is 21.9 Å². The number of rotatable bonds is 4. The molecule has 0 spiro atoms. The molecule has 0 aliphatic carbocycles. The van der Waals surface area contributed by atoms with E-state index in [9.17, 15) is 9.90 Å². The van der Waals surface area contributed by atoms with Crippen LogP contribution in [-0.2, 0) is 11.3 Å². The molecular weight excluding hydrogens is 260 g/mol. The second kappa shape index (κ2) is 6.50. The molecule has 2 rings (SSSR count). The summed E-state index contributed by atoms with van der Waals surface area (Å²) in [6, 6.07) is 2.06. The van der Waals surface area contributed by atoms with Gasteiger partial charge in [0.15, 0.2) is 0 Å². The molecule has 0 bridgehead atoms. The van der Waals surface area contributed by atoms with E-state index in [0.29, 0.717) is 25.6 Å². The quantitative estimate of drug-likeness (QED) is 0.877. The van der Waals surface area contributed by atoms with Gasteiger partial charge in [-0.2, -0.15) is 0 Å². The van der Waals surface area contributed by atoms with Gasteiger partial charge in [-0.15, -0.1) is 11.3 Å². The summed E-state index contributed by atoms with van der Waals surface area (Å²) in [6.07, 6.45) is 0.652. The minimum Gasteiger partial charge on any atom is -0.392 e. The van der Waals surface area contributed by atoms with Crippen molar-refractivity contribution >= 4 is 17.2 Å². The van der Waals surface area contributed by atoms with Crippen molar-refractivity contribution in [1.29, 1.82) is 0 Å². The molecule has 1 saturated heterocycles. The van der Waals surface area contributed by atoms with Crippen LogP contribution in [-0.4, -0.2) is 41.7 Å². The summed E-state index contributed by atoms with van der Waals surface area (Å²) in [4.78, 5) is 15.1. The van der Waals surface area contributed by atoms with Crippen LogP contribution in [0.5, 0.6) is 0 Å². The third-order valence-electron chi connectivity index (χ3n) is 3.78. The van der Waals surface area contributed by atoms with Gasteiger partial charge in [0.25, 0.3) is 0 Å². The van der Waals surface area contributed by atoms with Crippen LogP contribution < -0.4 is 5.32 Å². The lowest BCUT2D eigenvalue weighted by atomic mass is 9.96. The van der Waals surface area contributed by atoms with Crippen LogP contribution in [0, 0.1) is 12.8 Å². The highest BCUT2D eigenvalue weighted by Gasteiger charge is 2.25. The molecule has 19 heavy (non-hydrogen) atoms. The Morgan fingerprint density at radius 3 is 3.05 bits per heavy atom. The Labute approximate surface area is 118 Å². The summed E-state index contributed by atoms with van der Waals surface area (Å²) >= 11 is 1.67. The highest BCUT2D eigenvalue weighted by atomic mass is 32.1. The van der Waals surface area contributed by atoms with E-state index in [2.05, 4.69) is 25.2 Å². The van der Waals surface area contributed by atoms with Gasteiger partial charge in [-0.1, -0.05) is 6.92 Å². The molecule has 0 radical (unpaired) electrons. The standard InChI is InChI=1S/C14H22N2O2S/c1-10-3-5-16(8-12(10)17)9-14(18)15-7-13-11(2)4-6-19-13/h4,6,10,12,17H,3,5,7-9H2,1-2H3,(H,15,18). The number of hydrogen-bond acceptors (Lipinski definition) is 4. The molecule has 106 valence electrons. The normalized spacial score (nSPS) is 24.4. The zero-order valence-corrected chi connectivity index (χ0v) is 12.4. The van der Waals surface area contributed by atoms with E-state index in [0.717, 1.165) is 13.0 Å². The summed E-state index contributed by atoms with van der Waals surface area (Å²) in [6.45, 7) is 6.60. The molecule has 1 amide bonds. The maximum Gasteiger partial charge on any atom is 0.234 e. The number of thiophene rings is 1. The van der Waals surface area contributed by atoms with Gasteiger partial charge in [0.2, 0.25) is 5.91 Å². The minimum absolute atomic E-state index is 0.0366. The van der Waals surface area contributed by atoms with Gasteiger partial charge in [0, 0.05) is 11.4 Å². The summed E-state index contributed by atoms with van der Waals surface area (Å²) < 4.78 is 0. The van der Waals surface area contributed by atoms with E-state index in [-0.39, 0.29) is 12.0 Å². The maximum absolute atomic E-state index is 11.9. The molecule has 2 unspecified atom stereocenters. The SMILES string of the molecule is Cc1ccsc1CNC(=O)CN1CCC(C)C(O)C1. The number of β-amino-alcohol motifs (C(OH)–C–C–N with tert-alkyl or cyclic N) is 1. The molecule has 1 aromatic heterocycles. The van der Waals surface area contributed by atoms with Gasteiger partial charge in [-0.05, 0) is 42.8 Å². The first kappa shape index (κ1) is 14.5. The third-order valence-corrected chi connectivity index (χ3v) is 4.81. The second-order valence-electron chi connectivity index (χ2n) is 5.37. The largest absolute Gasteiger partial charge is 0.392 e. The lowest BCUT2D eigenvalue weighted by molar-refractivity contribution is -0.123. The van der Waals surface area contributed by atoms with E-state index in [1.165, 1.54) is 10.4 Å². The Bertz CT molecular complexity index is 433. The predicted octanol–water partition coefficient (Wildman–Crippen LogP) is 1.38. The zero-order chi connectivity index (χ0) is 13.8. The van der Waals surface area contributed by atoms with E-state index in [4.69, 9.17) is 0 Å². The third kappa shape index (κ3) is 4.03. The van der Waals surface area contributed by atoms with Crippen molar-refractivity contribution in [2.75, 3.05) is 19.6 Å². The molecule has 1 aliphatic rings. The van der Waals surface area contributed by atoms with Crippen LogP contribution in [0.1, 0.15) is 23.8 Å². The maximum atomic E-state index is 11.9. The molecule has 0 saturated carbocycles. The summed E-state index contributed by atoms with van der Waals surface area (Å²) in [7, 11) is 0. The van der Waals surface area contributed by atoms with Crippen LogP contribution >= 0.6 is 11.3 Å². The number of aryl methyl sites for hydroxylation is 1. The van der Waals surface area contributed by atoms with Gasteiger partial charge < -0.3 is 10.4 Å². The number of nitrogens with zero attached hydrogens (tertiary/aromatic N) is 1. The van der Waals surface area contributed by atoms with Gasteiger partial charge >= 0.3 is 0 Å². The van der Waals surface area contributed by atoms with Crippen LogP contribution in [0.4, 0.5) is 0 Å². The topological polar surface area (TPSA) is 52.6 Å². The predicted molar refractivity (Wildman–Crippen MR) is 77.1 cm³/mol. The van der Waals surface area contributed by atoms with Crippen molar-refractivity contribution in [3.8, 4) is 0 Å². The first-order valence-corrected chi connectivity index (χ1v) is 7.64. The molecule has 2 heterocycles. The Morgan fingerprint density at radius 1 is 1.63 bits per heavy atom. The first-order valence-electron chi connectivity index (χ1n) is 6.76. The zero-order valence-electron chi connectivity index (χ0n) is 11.6. The van der Waals surface area contributed by atoms with Crippen molar-refractivity contribution < 1.29 is 9.90 Å². The molecule has 1 aliphatic heterocycles. The molecule has 2 atom stereocenters. The summed E-state index contributed by atoms with van der Waals surface area (Å²) in [5.41, 5.74) is 1.23. The van der Waals surface area contributed by atoms with Crippen molar-refractivity contribution in [2.24, 2.45) is 5.92 Å². The molecule has 5 heteroatoms. The van der Waals surface area contributed by atoms with E-state index in [1.54, 1.807) is 11.3 Å². The Morgan fingerprint density at radius 2 is 2.42 bits per heavy atom. The average Bonchev–Trinajstić information content (AvgIpc) is 2.77. The highest BCUT2D eigenvalue weighted by Crippen LogP contribution is 2.17. The van der Waals surface area contributed by atoms with Crippen LogP contribution in [0.3, 0.4) is 0 Å². The van der Waals surface area contributed by atoms with Crippen molar-refractivity contribution in [1.82, 2.24) is 10.2 Å². The Hall–Kier alpha value is -0.910. The monoisotopic (exact) mass is 282 g/mol. The van der Waals surface area contributed by atoms with Gasteiger partial charge in [0.05, 0.1) is 19.2 Å². The number of aliphatic hydroxyl groups is 1. The molecule has 1 aromatic rings. The number of piperidine rings is 1. The number of hydrogen-bond donors (Lipinski definition) is 2. The number of aliphatic hydroxyl groups excluding tert-OH is 1. The number of likely N-dealkylation sites (tertiary alicyclic amines) is 1. The molecule has 1 fully saturated rings. The van der Waals surface area contributed by atoms with Crippen LogP contribution in [0.15, 0.2) is 11.4 Å². The molecule has 0 aromatic carbocycles. The fraction of sp³-hybridized carbons (Fsp3) is 0.643. The van der Waals surface area contributed by atoms with E-state index < -0.39 is 0 Å². The number of amides is 1. The molecule has 2 N–H and O–H groups in total. The van der Waals surface area contributed by atoms with Crippen LogP contribution in [0.2, 0.25) is 0 Å². The lowest BCUT2D eigenvalue weighted by Crippen LogP contribution is -2.46. The Balaban J connectivity index is 1.74. The van der Waals surface area contributed by atoms with Gasteiger partial charge in [0.1, 0.15) is 0 Å². The highest BCUT2D eigenvalue weighted by molar-refractivity contribution is 7.10. The fourth-order valence-corrected chi connectivity index (χ4v) is 3.13. The summed E-state index contributed by atoms with van der Waals surface area (Å²) in [5.74, 6) is 0.377. The van der Waals surface area contributed by atoms with E-state index >= 15 is 0 Å². The lowest BCUT2D eigenvalue weighted by Gasteiger charge is -2.33. The van der Waals surface area contributed by atoms with Crippen molar-refractivity contribution in [2.45, 2.75) is 32.9 Å². The number of carbonyl (C=O) groups is 1. The molecular formula is C14H22N2O2S. The number of carbonyl (C=O) groups excluding carboxylic acids is 1. The van der Waals surface area contributed by atoms with E-state index in [1.807, 2.05) is 10.3 Å². The number of nitrogens with one attached hydrogen (secondary N) is 1. The smallest absolute Gasteiger partial charge is 0.234 e. The summed E-state index contributed by atoms with van der Waals surface area (Å²) in [5, 5.41) is 14.8. The minimum atomic E-state index is -0.305. The second-order valence-corrected chi connectivity index (χ2v) is 6.37.